The fourth-order valence-electron chi connectivity index (χ4n) is 5.34. The molecule has 16 nitrogen and oxygen atoms in total. The van der Waals surface area contributed by atoms with Gasteiger partial charge in [-0.15, -0.1) is 0 Å². The predicted octanol–water partition coefficient (Wildman–Crippen LogP) is 6.93. The molecule has 0 atom stereocenters. The van der Waals surface area contributed by atoms with E-state index in [0.717, 1.165) is 67.6 Å². The van der Waals surface area contributed by atoms with E-state index in [4.69, 9.17) is 30.6 Å². The normalized spacial score (nSPS) is 14.0. The standard InChI is InChI=1S/C20H25N5O3.C13H19N3O2.C7H6N2O.C4H4.2H2/c1-15-6-7-18(13-22-15)24-19(26)23-17-5-3-4-16(12-17)14-25-9-8-21-20(27-2)28-11-10-25;1-17-13-15-5-6-16(7-8-18-13)10-11-3-2-4-12(14)9-11;1-6-2-3-7(4-8-6)9-5-10;1-3-4-2;;/h3-7,12-13H,8-11,14H2,1-2H3,(H2,23,24,26);2-4,9H,5-8,10,14H2,1H3;2-4H,1H3;1-2H2;2*1H/i;;;;2*1+1D. The van der Waals surface area contributed by atoms with Crippen molar-refractivity contribution < 1.29 is 34.5 Å². The first kappa shape index (κ1) is 44.1. The zero-order valence-corrected chi connectivity index (χ0v) is 34.7. The van der Waals surface area contributed by atoms with Gasteiger partial charge in [-0.3, -0.25) is 19.8 Å². The van der Waals surface area contributed by atoms with Crippen LogP contribution in [0, 0.1) is 13.8 Å². The highest BCUT2D eigenvalue weighted by atomic mass is 16.7. The third-order valence-corrected chi connectivity index (χ3v) is 8.24. The van der Waals surface area contributed by atoms with Gasteiger partial charge in [0.05, 0.1) is 51.1 Å². The highest BCUT2D eigenvalue weighted by Gasteiger charge is 2.13. The summed E-state index contributed by atoms with van der Waals surface area (Å²) in [6.07, 6.45) is 5.33. The number of urea groups is 1. The lowest BCUT2D eigenvalue weighted by Gasteiger charge is -2.24. The van der Waals surface area contributed by atoms with Crippen molar-refractivity contribution in [3.05, 3.63) is 132 Å². The topological polar surface area (TPSA) is 190 Å². The molecular formula is C44H58N10O6. The number of benzene rings is 2. The molecule has 4 aromatic rings. The van der Waals surface area contributed by atoms with Crippen LogP contribution in [-0.4, -0.2) is 111 Å². The number of hydrogen-bond donors (Lipinski definition) is 3. The molecule has 2 aliphatic rings. The Balaban J connectivity index is 0.000000484. The zero-order chi connectivity index (χ0) is 47.4. The number of anilines is 3. The molecule has 2 aromatic carbocycles. The summed E-state index contributed by atoms with van der Waals surface area (Å²) >= 11 is 0. The number of pyridine rings is 2. The minimum atomic E-state index is -0.302. The van der Waals surface area contributed by atoms with Gasteiger partial charge in [-0.25, -0.2) is 19.6 Å². The summed E-state index contributed by atoms with van der Waals surface area (Å²) in [6, 6.07) is 22.6. The Bertz CT molecular complexity index is 2100. The summed E-state index contributed by atoms with van der Waals surface area (Å²) in [5.41, 5.74) is 17.3. The maximum Gasteiger partial charge on any atom is 0.383 e. The van der Waals surface area contributed by atoms with E-state index in [9.17, 15) is 9.59 Å². The molecule has 0 fully saturated rings. The number of amides is 2. The van der Waals surface area contributed by atoms with Crippen LogP contribution in [0.3, 0.4) is 0 Å². The number of rotatable bonds is 7. The SMILES string of the molecule is C=C=C=C.COC1=NCCN(Cc2cccc(N)c2)CCO1.COC1=NCCN(Cc2cccc(NC(=O)Nc3ccc(C)nc3)c2)CCO1.Cc1ccc(N=C=O)cn1.[2H][2H].[2H][2H]. The molecule has 0 spiro atoms. The lowest BCUT2D eigenvalue weighted by atomic mass is 10.2. The first-order valence-electron chi connectivity index (χ1n) is 21.0. The fraction of sp³-hybridized carbons (Fsp3) is 0.318. The van der Waals surface area contributed by atoms with E-state index >= 15 is 0 Å². The summed E-state index contributed by atoms with van der Waals surface area (Å²) in [5, 5.41) is 5.64. The molecule has 0 unspecified atom stereocenters. The van der Waals surface area contributed by atoms with E-state index in [2.05, 4.69) is 76.1 Å². The van der Waals surface area contributed by atoms with Crippen molar-refractivity contribution in [2.45, 2.75) is 26.9 Å². The van der Waals surface area contributed by atoms with Crippen molar-refractivity contribution in [2.24, 2.45) is 15.0 Å². The van der Waals surface area contributed by atoms with E-state index in [1.807, 2.05) is 68.4 Å². The molecule has 60 heavy (non-hydrogen) atoms. The maximum atomic E-state index is 12.2. The molecule has 2 amide bonds. The lowest BCUT2D eigenvalue weighted by Crippen LogP contribution is -2.33. The number of hydrogen-bond acceptors (Lipinski definition) is 14. The molecule has 0 saturated heterocycles. The van der Waals surface area contributed by atoms with Crippen molar-refractivity contribution in [1.29, 1.82) is 0 Å². The van der Waals surface area contributed by atoms with Gasteiger partial charge in [0.25, 0.3) is 0 Å². The molecule has 0 bridgehead atoms. The number of aryl methyl sites for hydroxylation is 2. The second kappa shape index (κ2) is 27.6. The van der Waals surface area contributed by atoms with Crippen molar-refractivity contribution in [1.82, 2.24) is 19.8 Å². The zero-order valence-electron chi connectivity index (χ0n) is 38.7. The molecule has 0 aliphatic carbocycles. The second-order valence-corrected chi connectivity index (χ2v) is 12.9. The van der Waals surface area contributed by atoms with Crippen LogP contribution in [0.5, 0.6) is 0 Å². The summed E-state index contributed by atoms with van der Waals surface area (Å²) in [4.78, 5) is 46.4. The second-order valence-electron chi connectivity index (χ2n) is 12.9. The summed E-state index contributed by atoms with van der Waals surface area (Å²) in [7, 11) is 3.13. The number of ether oxygens (including phenoxy) is 4. The Morgan fingerprint density at radius 1 is 0.800 bits per heavy atom. The number of aliphatic imine (C=N–C) groups is 3. The maximum absolute atomic E-state index is 12.2. The minimum absolute atomic E-state index is 0.302. The van der Waals surface area contributed by atoms with Gasteiger partial charge in [-0.2, -0.15) is 4.99 Å². The molecule has 320 valence electrons. The number of nitrogens with one attached hydrogen (secondary N) is 2. The molecule has 4 heterocycles. The van der Waals surface area contributed by atoms with E-state index in [1.54, 1.807) is 32.5 Å². The van der Waals surface area contributed by atoms with Crippen LogP contribution in [0.15, 0.2) is 125 Å². The highest BCUT2D eigenvalue weighted by Crippen LogP contribution is 2.15. The molecule has 0 saturated carbocycles. The minimum Gasteiger partial charge on any atom is -0.454 e. The molecule has 0 radical (unpaired) electrons. The monoisotopic (exact) mass is 826 g/mol. The van der Waals surface area contributed by atoms with Gasteiger partial charge < -0.3 is 35.3 Å². The number of isocyanates is 1. The molecule has 2 aromatic heterocycles. The van der Waals surface area contributed by atoms with E-state index in [0.29, 0.717) is 49.8 Å². The van der Waals surface area contributed by atoms with E-state index in [1.165, 1.54) is 17.8 Å². The molecule has 6 rings (SSSR count). The average molecular weight is 827 g/mol. The fourth-order valence-corrected chi connectivity index (χ4v) is 5.34. The quantitative estimate of drug-likeness (QED) is 0.0758. The number of aromatic nitrogens is 2. The summed E-state index contributed by atoms with van der Waals surface area (Å²) in [5.74, 6) is 0. The largest absolute Gasteiger partial charge is 0.454 e. The molecule has 16 heteroatoms. The number of carbonyl (C=O) groups is 1. The van der Waals surface area contributed by atoms with Gasteiger partial charge >= 0.3 is 18.2 Å². The predicted molar refractivity (Wildman–Crippen MR) is 239 cm³/mol. The Morgan fingerprint density at radius 2 is 1.35 bits per heavy atom. The molecular weight excluding hydrogens is 765 g/mol. The Morgan fingerprint density at radius 3 is 1.85 bits per heavy atom. The number of nitrogen functional groups attached to an aromatic ring is 1. The first-order chi connectivity index (χ1) is 31.1. The van der Waals surface area contributed by atoms with E-state index < -0.39 is 0 Å². The van der Waals surface area contributed by atoms with Crippen LogP contribution >= 0.6 is 0 Å². The van der Waals surface area contributed by atoms with Crippen LogP contribution in [0.4, 0.5) is 27.5 Å². The average Bonchev–Trinajstić information content (AvgIpc) is 3.29. The van der Waals surface area contributed by atoms with E-state index in [-0.39, 0.29) is 6.03 Å². The molecule has 2 aliphatic heterocycles. The van der Waals surface area contributed by atoms with Gasteiger partial charge in [0, 0.05) is 68.0 Å². The smallest absolute Gasteiger partial charge is 0.383 e. The van der Waals surface area contributed by atoms with Gasteiger partial charge in [-0.05, 0) is 86.7 Å². The van der Waals surface area contributed by atoms with Crippen LogP contribution in [-0.2, 0) is 36.8 Å². The lowest BCUT2D eigenvalue weighted by molar-refractivity contribution is 0.144. The number of methoxy groups -OCH3 is 2. The van der Waals surface area contributed by atoms with Gasteiger partial charge in [-0.1, -0.05) is 35.7 Å². The van der Waals surface area contributed by atoms with Crippen LogP contribution in [0.1, 0.15) is 28.5 Å². The Labute approximate surface area is 358 Å². The third kappa shape index (κ3) is 19.4. The molecule has 4 N–H and O–H groups in total. The third-order valence-electron chi connectivity index (χ3n) is 8.24. The van der Waals surface area contributed by atoms with Crippen molar-refractivity contribution in [2.75, 3.05) is 83.1 Å². The van der Waals surface area contributed by atoms with Crippen molar-refractivity contribution in [3.63, 3.8) is 0 Å². The number of nitrogens with zero attached hydrogens (tertiary/aromatic N) is 7. The van der Waals surface area contributed by atoms with Gasteiger partial charge in [0.2, 0.25) is 6.08 Å². The number of nitrogens with two attached hydrogens (primary N) is 1. The van der Waals surface area contributed by atoms with Crippen molar-refractivity contribution in [3.8, 4) is 0 Å². The van der Waals surface area contributed by atoms with Gasteiger partial charge in [0.15, 0.2) is 0 Å². The summed E-state index contributed by atoms with van der Waals surface area (Å²) < 4.78 is 40.9. The van der Waals surface area contributed by atoms with Crippen LogP contribution < -0.4 is 16.4 Å². The Kier molecular flexibility index (Phi) is 20.2. The first-order valence-corrected chi connectivity index (χ1v) is 19.0. The van der Waals surface area contributed by atoms with Crippen LogP contribution in [0.2, 0.25) is 0 Å². The summed E-state index contributed by atoms with van der Waals surface area (Å²) in [6.45, 7) is 17.5. The van der Waals surface area contributed by atoms with Gasteiger partial charge in [0.1, 0.15) is 13.2 Å². The van der Waals surface area contributed by atoms with Crippen LogP contribution in [0.25, 0.3) is 0 Å². The Hall–Kier alpha value is -7.05. The van der Waals surface area contributed by atoms with Crippen molar-refractivity contribution >= 4 is 47.0 Å². The highest BCUT2D eigenvalue weighted by molar-refractivity contribution is 5.99. The number of carbonyl (C=O) groups excluding carboxylic acids is 2.